The Hall–Kier alpha value is -2.66. The maximum absolute atomic E-state index is 13.0. The van der Waals surface area contributed by atoms with Gasteiger partial charge in [0.05, 0.1) is 0 Å². The number of rotatable bonds is 7. The molecule has 0 bridgehead atoms. The first-order valence-electron chi connectivity index (χ1n) is 8.96. The zero-order valence-electron chi connectivity index (χ0n) is 14.8. The molecule has 1 fully saturated rings. The van der Waals surface area contributed by atoms with Gasteiger partial charge in [-0.25, -0.2) is 0 Å². The molecule has 5 nitrogen and oxygen atoms in total. The maximum atomic E-state index is 13.0. The number of aliphatic hydroxyl groups is 1. The van der Waals surface area contributed by atoms with Gasteiger partial charge in [-0.05, 0) is 24.0 Å². The third-order valence-corrected chi connectivity index (χ3v) is 4.67. The molecule has 1 N–H and O–H groups in total. The van der Waals surface area contributed by atoms with Crippen LogP contribution in [0.25, 0.3) is 0 Å². The van der Waals surface area contributed by atoms with Gasteiger partial charge in [0.2, 0.25) is 11.8 Å². The van der Waals surface area contributed by atoms with Crippen molar-refractivity contribution in [1.82, 2.24) is 9.80 Å². The van der Waals surface area contributed by atoms with Crippen LogP contribution >= 0.6 is 0 Å². The van der Waals surface area contributed by atoms with Crippen molar-refractivity contribution in [2.24, 2.45) is 0 Å². The Kier molecular flexibility index (Phi) is 6.02. The van der Waals surface area contributed by atoms with E-state index >= 15 is 0 Å². The number of carbonyl (C=O) groups excluding carboxylic acids is 2. The Morgan fingerprint density at radius 1 is 0.885 bits per heavy atom. The van der Waals surface area contributed by atoms with Crippen molar-refractivity contribution in [3.8, 4) is 0 Å². The number of hydrogen-bond donors (Lipinski definition) is 1. The number of hydrogen-bond acceptors (Lipinski definition) is 3. The van der Waals surface area contributed by atoms with Gasteiger partial charge in [0.15, 0.2) is 0 Å². The van der Waals surface area contributed by atoms with Crippen LogP contribution in [0.1, 0.15) is 24.0 Å². The number of benzene rings is 2. The number of nitrogens with zero attached hydrogens (tertiary/aromatic N) is 2. The van der Waals surface area contributed by atoms with E-state index in [-0.39, 0.29) is 25.0 Å². The van der Waals surface area contributed by atoms with E-state index in [0.717, 1.165) is 11.1 Å². The summed E-state index contributed by atoms with van der Waals surface area (Å²) in [5.41, 5.74) is 2.00. The highest BCUT2D eigenvalue weighted by molar-refractivity contribution is 5.94. The van der Waals surface area contributed by atoms with Gasteiger partial charge in [-0.3, -0.25) is 9.59 Å². The molecule has 3 rings (SSSR count). The molecule has 2 aromatic rings. The van der Waals surface area contributed by atoms with Crippen LogP contribution < -0.4 is 0 Å². The lowest BCUT2D eigenvalue weighted by Crippen LogP contribution is -2.59. The second-order valence-electron chi connectivity index (χ2n) is 6.57. The number of piperazine rings is 1. The Bertz CT molecular complexity index is 733. The molecule has 1 unspecified atom stereocenters. The van der Waals surface area contributed by atoms with E-state index in [4.69, 9.17) is 0 Å². The first kappa shape index (κ1) is 18.1. The van der Waals surface area contributed by atoms with Crippen LogP contribution in [0.15, 0.2) is 60.7 Å². The smallest absolute Gasteiger partial charge is 0.246 e. The van der Waals surface area contributed by atoms with Crippen molar-refractivity contribution < 1.29 is 14.7 Å². The van der Waals surface area contributed by atoms with Gasteiger partial charge in [-0.15, -0.1) is 0 Å². The van der Waals surface area contributed by atoms with Gasteiger partial charge in [0.25, 0.3) is 0 Å². The summed E-state index contributed by atoms with van der Waals surface area (Å²) in [6.45, 7) is 0.951. The van der Waals surface area contributed by atoms with Crippen LogP contribution in [0.2, 0.25) is 0 Å². The van der Waals surface area contributed by atoms with Crippen LogP contribution in [0.4, 0.5) is 0 Å². The molecule has 1 saturated heterocycles. The normalized spacial score (nSPS) is 17.7. The van der Waals surface area contributed by atoms with E-state index in [9.17, 15) is 14.7 Å². The zero-order chi connectivity index (χ0) is 18.4. The Morgan fingerprint density at radius 3 is 2.04 bits per heavy atom. The minimum Gasteiger partial charge on any atom is -0.396 e. The van der Waals surface area contributed by atoms with Crippen molar-refractivity contribution in [2.45, 2.75) is 32.0 Å². The van der Waals surface area contributed by atoms with Crippen LogP contribution in [-0.4, -0.2) is 45.9 Å². The van der Waals surface area contributed by atoms with Gasteiger partial charge < -0.3 is 14.9 Å². The summed E-state index contributed by atoms with van der Waals surface area (Å²) in [6, 6.07) is 18.9. The van der Waals surface area contributed by atoms with Crippen LogP contribution in [-0.2, 0) is 22.7 Å². The highest BCUT2D eigenvalue weighted by atomic mass is 16.3. The summed E-state index contributed by atoms with van der Waals surface area (Å²) in [5, 5.41) is 9.20. The second-order valence-corrected chi connectivity index (χ2v) is 6.57. The Balaban J connectivity index is 1.78. The summed E-state index contributed by atoms with van der Waals surface area (Å²) in [7, 11) is 0. The van der Waals surface area contributed by atoms with E-state index in [1.807, 2.05) is 60.7 Å². The summed E-state index contributed by atoms with van der Waals surface area (Å²) >= 11 is 0. The van der Waals surface area contributed by atoms with Crippen molar-refractivity contribution in [3.05, 3.63) is 71.8 Å². The van der Waals surface area contributed by atoms with Gasteiger partial charge in [0, 0.05) is 19.7 Å². The monoisotopic (exact) mass is 352 g/mol. The standard InChI is InChI=1S/C21H24N2O3/c24-13-7-12-19-21(26)22(14-17-8-3-1-4-9-17)16-20(25)23(19)15-18-10-5-2-6-11-18/h1-6,8-11,19,24H,7,12-16H2. The molecule has 0 saturated carbocycles. The lowest BCUT2D eigenvalue weighted by molar-refractivity contribution is -0.157. The highest BCUT2D eigenvalue weighted by Crippen LogP contribution is 2.21. The Labute approximate surface area is 153 Å². The van der Waals surface area contributed by atoms with Crippen molar-refractivity contribution in [2.75, 3.05) is 13.2 Å². The minimum atomic E-state index is -0.521. The van der Waals surface area contributed by atoms with Gasteiger partial charge in [-0.2, -0.15) is 0 Å². The van der Waals surface area contributed by atoms with Gasteiger partial charge in [0.1, 0.15) is 12.6 Å². The predicted octanol–water partition coefficient (Wildman–Crippen LogP) is 2.20. The molecule has 2 aromatic carbocycles. The third-order valence-electron chi connectivity index (χ3n) is 4.67. The molecule has 2 amide bonds. The lowest BCUT2D eigenvalue weighted by Gasteiger charge is -2.40. The number of amides is 2. The quantitative estimate of drug-likeness (QED) is 0.831. The van der Waals surface area contributed by atoms with Crippen molar-refractivity contribution in [3.63, 3.8) is 0 Å². The molecular weight excluding hydrogens is 328 g/mol. The van der Waals surface area contributed by atoms with E-state index in [1.165, 1.54) is 0 Å². The van der Waals surface area contributed by atoms with Crippen LogP contribution in [0, 0.1) is 0 Å². The summed E-state index contributed by atoms with van der Waals surface area (Å²) in [4.78, 5) is 29.1. The van der Waals surface area contributed by atoms with Crippen molar-refractivity contribution in [1.29, 1.82) is 0 Å². The molecule has 136 valence electrons. The number of carbonyl (C=O) groups is 2. The predicted molar refractivity (Wildman–Crippen MR) is 99.0 cm³/mol. The molecule has 5 heteroatoms. The molecule has 0 radical (unpaired) electrons. The third kappa shape index (κ3) is 4.29. The highest BCUT2D eigenvalue weighted by Gasteiger charge is 2.38. The minimum absolute atomic E-state index is 0.00975. The topological polar surface area (TPSA) is 60.9 Å². The molecule has 0 aromatic heterocycles. The van der Waals surface area contributed by atoms with E-state index in [1.54, 1.807) is 9.80 Å². The average molecular weight is 352 g/mol. The molecule has 1 aliphatic heterocycles. The molecule has 1 heterocycles. The van der Waals surface area contributed by atoms with Crippen LogP contribution in [0.3, 0.4) is 0 Å². The first-order valence-corrected chi connectivity index (χ1v) is 8.96. The summed E-state index contributed by atoms with van der Waals surface area (Å²) in [5.74, 6) is -0.0924. The largest absolute Gasteiger partial charge is 0.396 e. The van der Waals surface area contributed by atoms with E-state index < -0.39 is 6.04 Å². The molecule has 1 aliphatic rings. The SMILES string of the molecule is O=C1C(CCCO)N(Cc2ccccc2)C(=O)CN1Cc1ccccc1. The van der Waals surface area contributed by atoms with Crippen LogP contribution in [0.5, 0.6) is 0 Å². The molecule has 1 atom stereocenters. The molecule has 0 spiro atoms. The summed E-state index contributed by atoms with van der Waals surface area (Å²) < 4.78 is 0. The van der Waals surface area contributed by atoms with Crippen molar-refractivity contribution >= 4 is 11.8 Å². The number of aliphatic hydroxyl groups excluding tert-OH is 1. The summed E-state index contributed by atoms with van der Waals surface area (Å²) in [6.07, 6.45) is 0.966. The van der Waals surface area contributed by atoms with E-state index in [2.05, 4.69) is 0 Å². The van der Waals surface area contributed by atoms with Gasteiger partial charge >= 0.3 is 0 Å². The first-order chi connectivity index (χ1) is 12.7. The van der Waals surface area contributed by atoms with Gasteiger partial charge in [-0.1, -0.05) is 60.7 Å². The average Bonchev–Trinajstić information content (AvgIpc) is 2.67. The lowest BCUT2D eigenvalue weighted by atomic mass is 10.0. The zero-order valence-corrected chi connectivity index (χ0v) is 14.8. The maximum Gasteiger partial charge on any atom is 0.246 e. The fourth-order valence-electron chi connectivity index (χ4n) is 3.33. The van der Waals surface area contributed by atoms with E-state index in [0.29, 0.717) is 25.9 Å². The fourth-order valence-corrected chi connectivity index (χ4v) is 3.33. The second kappa shape index (κ2) is 8.63. The molecule has 26 heavy (non-hydrogen) atoms. The molecular formula is C21H24N2O3. The Morgan fingerprint density at radius 2 is 1.46 bits per heavy atom. The fraction of sp³-hybridized carbons (Fsp3) is 0.333. The molecule has 0 aliphatic carbocycles.